The molecular formula is C24H30N2O3S. The van der Waals surface area contributed by atoms with Gasteiger partial charge in [-0.05, 0) is 54.3 Å². The number of thiophene rings is 1. The quantitative estimate of drug-likeness (QED) is 0.633. The highest BCUT2D eigenvalue weighted by Gasteiger charge is 2.37. The fourth-order valence-electron chi connectivity index (χ4n) is 4.08. The lowest BCUT2D eigenvalue weighted by Gasteiger charge is -2.37. The molecule has 1 aromatic heterocycles. The summed E-state index contributed by atoms with van der Waals surface area (Å²) in [6.45, 7) is 5.36. The summed E-state index contributed by atoms with van der Waals surface area (Å²) in [5.74, 6) is 1.23. The van der Waals surface area contributed by atoms with Gasteiger partial charge in [0.15, 0.2) is 0 Å². The number of hydrogen-bond acceptors (Lipinski definition) is 4. The largest absolute Gasteiger partial charge is 0.491 e. The van der Waals surface area contributed by atoms with Crippen molar-refractivity contribution in [1.82, 2.24) is 9.80 Å². The summed E-state index contributed by atoms with van der Waals surface area (Å²) in [5, 5.41) is 2.09. The van der Waals surface area contributed by atoms with Crippen LogP contribution in [-0.2, 0) is 16.0 Å². The van der Waals surface area contributed by atoms with Gasteiger partial charge < -0.3 is 14.5 Å². The number of rotatable bonds is 8. The lowest BCUT2D eigenvalue weighted by molar-refractivity contribution is -0.143. The van der Waals surface area contributed by atoms with Crippen molar-refractivity contribution in [1.29, 1.82) is 0 Å². The van der Waals surface area contributed by atoms with E-state index in [2.05, 4.69) is 11.4 Å². The van der Waals surface area contributed by atoms with E-state index in [1.807, 2.05) is 54.0 Å². The molecule has 5 nitrogen and oxygen atoms in total. The van der Waals surface area contributed by atoms with E-state index in [0.29, 0.717) is 25.5 Å². The Bertz CT molecular complexity index is 876. The number of nitrogens with zero attached hydrogens (tertiary/aromatic N) is 2. The maximum Gasteiger partial charge on any atom is 0.242 e. The van der Waals surface area contributed by atoms with Crippen molar-refractivity contribution in [3.05, 3.63) is 52.2 Å². The first-order chi connectivity index (χ1) is 14.5. The molecule has 160 valence electrons. The lowest BCUT2D eigenvalue weighted by Crippen LogP contribution is -2.48. The van der Waals surface area contributed by atoms with Gasteiger partial charge in [0.05, 0.1) is 6.04 Å². The molecule has 2 heterocycles. The predicted octanol–water partition coefficient (Wildman–Crippen LogP) is 4.29. The molecule has 4 rings (SSSR count). The third kappa shape index (κ3) is 4.86. The molecule has 1 fully saturated rings. The first-order valence-electron chi connectivity index (χ1n) is 10.9. The smallest absolute Gasteiger partial charge is 0.242 e. The van der Waals surface area contributed by atoms with Crippen LogP contribution in [0.2, 0.25) is 0 Å². The monoisotopic (exact) mass is 426 g/mol. The Kier molecular flexibility index (Phi) is 6.42. The number of ether oxygens (including phenoxy) is 1. The molecule has 0 bridgehead atoms. The minimum absolute atomic E-state index is 0.0255. The molecule has 6 heteroatoms. The van der Waals surface area contributed by atoms with Crippen LogP contribution in [0.25, 0.3) is 0 Å². The number of fused-ring (bicyclic) bond motifs is 1. The highest BCUT2D eigenvalue weighted by Crippen LogP contribution is 2.35. The van der Waals surface area contributed by atoms with Crippen LogP contribution in [0.15, 0.2) is 41.8 Å². The van der Waals surface area contributed by atoms with Crippen molar-refractivity contribution in [2.75, 3.05) is 19.7 Å². The van der Waals surface area contributed by atoms with Gasteiger partial charge in [0.25, 0.3) is 0 Å². The van der Waals surface area contributed by atoms with Crippen LogP contribution in [-0.4, -0.2) is 47.4 Å². The van der Waals surface area contributed by atoms with E-state index in [-0.39, 0.29) is 30.4 Å². The van der Waals surface area contributed by atoms with Gasteiger partial charge in [0, 0.05) is 23.9 Å². The van der Waals surface area contributed by atoms with Crippen molar-refractivity contribution in [3.8, 4) is 5.75 Å². The van der Waals surface area contributed by atoms with Gasteiger partial charge in [-0.1, -0.05) is 32.0 Å². The van der Waals surface area contributed by atoms with Gasteiger partial charge in [-0.25, -0.2) is 0 Å². The third-order valence-corrected chi connectivity index (χ3v) is 6.76. The van der Waals surface area contributed by atoms with Crippen LogP contribution >= 0.6 is 11.3 Å². The number of benzene rings is 1. The molecule has 0 spiro atoms. The predicted molar refractivity (Wildman–Crippen MR) is 119 cm³/mol. The van der Waals surface area contributed by atoms with E-state index in [1.54, 1.807) is 11.3 Å². The minimum atomic E-state index is -0.117. The molecule has 2 amide bonds. The van der Waals surface area contributed by atoms with Gasteiger partial charge in [0.2, 0.25) is 11.8 Å². The van der Waals surface area contributed by atoms with E-state index < -0.39 is 0 Å². The zero-order valence-corrected chi connectivity index (χ0v) is 18.6. The van der Waals surface area contributed by atoms with Gasteiger partial charge in [-0.15, -0.1) is 11.3 Å². The van der Waals surface area contributed by atoms with Crippen molar-refractivity contribution in [3.63, 3.8) is 0 Å². The number of carbonyl (C=O) groups excluding carboxylic acids is 2. The zero-order valence-electron chi connectivity index (χ0n) is 17.8. The SMILES string of the molecule is CC(C)CC(=O)N(CC(=O)N1CCc2sccc2[C@@H]1COc1ccccc1)C1CC1. The summed E-state index contributed by atoms with van der Waals surface area (Å²) in [6.07, 6.45) is 3.38. The van der Waals surface area contributed by atoms with Crippen LogP contribution in [0, 0.1) is 5.92 Å². The molecular weight excluding hydrogens is 396 g/mol. The van der Waals surface area contributed by atoms with Crippen LogP contribution in [0.3, 0.4) is 0 Å². The second-order valence-electron chi connectivity index (χ2n) is 8.63. The molecule has 1 aliphatic carbocycles. The van der Waals surface area contributed by atoms with Crippen molar-refractivity contribution in [2.45, 2.75) is 51.6 Å². The molecule has 1 aromatic carbocycles. The second kappa shape index (κ2) is 9.21. The molecule has 1 atom stereocenters. The highest BCUT2D eigenvalue weighted by molar-refractivity contribution is 7.10. The van der Waals surface area contributed by atoms with E-state index in [1.165, 1.54) is 10.4 Å². The summed E-state index contributed by atoms with van der Waals surface area (Å²) in [7, 11) is 0. The van der Waals surface area contributed by atoms with Gasteiger partial charge >= 0.3 is 0 Å². The van der Waals surface area contributed by atoms with E-state index in [4.69, 9.17) is 4.74 Å². The summed E-state index contributed by atoms with van der Waals surface area (Å²) in [4.78, 5) is 31.2. The van der Waals surface area contributed by atoms with Crippen LogP contribution < -0.4 is 4.74 Å². The maximum atomic E-state index is 13.4. The molecule has 0 radical (unpaired) electrons. The fourth-order valence-corrected chi connectivity index (χ4v) is 5.00. The van der Waals surface area contributed by atoms with Crippen LogP contribution in [0.1, 0.15) is 49.6 Å². The Morgan fingerprint density at radius 2 is 1.97 bits per heavy atom. The number of para-hydroxylation sites is 1. The van der Waals surface area contributed by atoms with E-state index >= 15 is 0 Å². The molecule has 2 aliphatic rings. The number of hydrogen-bond donors (Lipinski definition) is 0. The molecule has 0 unspecified atom stereocenters. The van der Waals surface area contributed by atoms with Crippen molar-refractivity contribution in [2.24, 2.45) is 5.92 Å². The Morgan fingerprint density at radius 1 is 1.20 bits per heavy atom. The highest BCUT2D eigenvalue weighted by atomic mass is 32.1. The van der Waals surface area contributed by atoms with Gasteiger partial charge in [-0.2, -0.15) is 0 Å². The summed E-state index contributed by atoms with van der Waals surface area (Å²) >= 11 is 1.75. The summed E-state index contributed by atoms with van der Waals surface area (Å²) in [6, 6.07) is 12.0. The zero-order chi connectivity index (χ0) is 21.1. The Labute approximate surface area is 182 Å². The molecule has 0 saturated heterocycles. The topological polar surface area (TPSA) is 49.9 Å². The maximum absolute atomic E-state index is 13.4. The van der Waals surface area contributed by atoms with Gasteiger partial charge in [0.1, 0.15) is 18.9 Å². The first kappa shape index (κ1) is 20.9. The molecule has 1 saturated carbocycles. The Morgan fingerprint density at radius 3 is 2.67 bits per heavy atom. The van der Waals surface area contributed by atoms with Gasteiger partial charge in [-0.3, -0.25) is 9.59 Å². The van der Waals surface area contributed by atoms with Crippen LogP contribution in [0.5, 0.6) is 5.75 Å². The lowest BCUT2D eigenvalue weighted by atomic mass is 10.00. The Balaban J connectivity index is 1.48. The second-order valence-corrected chi connectivity index (χ2v) is 9.63. The van der Waals surface area contributed by atoms with Crippen LogP contribution in [0.4, 0.5) is 0 Å². The molecule has 30 heavy (non-hydrogen) atoms. The third-order valence-electron chi connectivity index (χ3n) is 5.76. The first-order valence-corrected chi connectivity index (χ1v) is 11.7. The average Bonchev–Trinajstić information content (AvgIpc) is 3.45. The minimum Gasteiger partial charge on any atom is -0.491 e. The molecule has 0 N–H and O–H groups in total. The van der Waals surface area contributed by atoms with E-state index in [9.17, 15) is 9.59 Å². The van der Waals surface area contributed by atoms with E-state index in [0.717, 1.165) is 25.0 Å². The summed E-state index contributed by atoms with van der Waals surface area (Å²) in [5.41, 5.74) is 1.18. The standard InChI is InChI=1S/C24H30N2O3S/c1-17(2)14-23(27)26(18-8-9-18)15-24(28)25-12-10-22-20(11-13-30-22)21(25)16-29-19-6-4-3-5-7-19/h3-7,11,13,17-18,21H,8-10,12,14-16H2,1-2H3/t21-/m0/s1. The van der Waals surface area contributed by atoms with Crippen molar-refractivity contribution < 1.29 is 14.3 Å². The molecule has 1 aliphatic heterocycles. The normalized spacial score (nSPS) is 18.2. The number of amides is 2. The Hall–Kier alpha value is -2.34. The molecule has 2 aromatic rings. The summed E-state index contributed by atoms with van der Waals surface area (Å²) < 4.78 is 6.05. The van der Waals surface area contributed by atoms with Crippen molar-refractivity contribution >= 4 is 23.2 Å². The number of carbonyl (C=O) groups is 2. The fraction of sp³-hybridized carbons (Fsp3) is 0.500. The average molecular weight is 427 g/mol.